The third kappa shape index (κ3) is 3.38. The van der Waals surface area contributed by atoms with Gasteiger partial charge in [-0.05, 0) is 40.3 Å². The van der Waals surface area contributed by atoms with Gasteiger partial charge < -0.3 is 5.11 Å². The van der Waals surface area contributed by atoms with Gasteiger partial charge in [-0.2, -0.15) is 0 Å². The van der Waals surface area contributed by atoms with Gasteiger partial charge in [-0.25, -0.2) is 4.79 Å². The van der Waals surface area contributed by atoms with Gasteiger partial charge in [-0.3, -0.25) is 0 Å². The molecule has 0 aliphatic heterocycles. The van der Waals surface area contributed by atoms with Gasteiger partial charge in [0.2, 0.25) is 0 Å². The van der Waals surface area contributed by atoms with Crippen molar-refractivity contribution in [3.63, 3.8) is 0 Å². The van der Waals surface area contributed by atoms with Crippen molar-refractivity contribution < 1.29 is 9.90 Å². The van der Waals surface area contributed by atoms with Crippen molar-refractivity contribution in [2.24, 2.45) is 0 Å². The van der Waals surface area contributed by atoms with E-state index in [0.29, 0.717) is 11.5 Å². The van der Waals surface area contributed by atoms with Gasteiger partial charge in [0.1, 0.15) is 0 Å². The average Bonchev–Trinajstić information content (AvgIpc) is 2.62. The zero-order chi connectivity index (χ0) is 16.9. The van der Waals surface area contributed by atoms with Gasteiger partial charge in [-0.15, -0.1) is 0 Å². The van der Waals surface area contributed by atoms with E-state index in [1.807, 2.05) is 30.3 Å². The van der Waals surface area contributed by atoms with E-state index in [1.54, 1.807) is 12.1 Å². The summed E-state index contributed by atoms with van der Waals surface area (Å²) in [6.45, 7) is 2.24. The predicted octanol–water partition coefficient (Wildman–Crippen LogP) is 5.44. The van der Waals surface area contributed by atoms with E-state index < -0.39 is 5.97 Å². The van der Waals surface area contributed by atoms with E-state index in [2.05, 4.69) is 43.3 Å². The molecule has 0 bridgehead atoms. The van der Waals surface area contributed by atoms with Crippen LogP contribution >= 0.6 is 0 Å². The lowest BCUT2D eigenvalue weighted by Crippen LogP contribution is -2.00. The molecule has 0 heterocycles. The molecule has 4 rings (SSSR count). The molecule has 1 aliphatic rings. The summed E-state index contributed by atoms with van der Waals surface area (Å²) in [5.41, 5.74) is 3.34. The minimum Gasteiger partial charge on any atom is -0.478 e. The lowest BCUT2D eigenvalue weighted by atomic mass is 9.89. The molecule has 1 aliphatic carbocycles. The summed E-state index contributed by atoms with van der Waals surface area (Å²) in [7, 11) is 0. The molecular weight excluding hydrogens is 296 g/mol. The Kier molecular flexibility index (Phi) is 4.76. The molecule has 0 radical (unpaired) electrons. The number of hydrogen-bond acceptors (Lipinski definition) is 1. The van der Waals surface area contributed by atoms with E-state index in [9.17, 15) is 4.79 Å². The highest BCUT2D eigenvalue weighted by Gasteiger charge is 2.09. The summed E-state index contributed by atoms with van der Waals surface area (Å²) in [6, 6.07) is 21.4. The fourth-order valence-corrected chi connectivity index (χ4v) is 3.08. The lowest BCUT2D eigenvalue weighted by molar-refractivity contribution is 0.0699. The number of hydrogen-bond donors (Lipinski definition) is 1. The van der Waals surface area contributed by atoms with Crippen molar-refractivity contribution in [3.05, 3.63) is 95.6 Å². The molecule has 1 unspecified atom stereocenters. The van der Waals surface area contributed by atoms with Crippen LogP contribution in [0.3, 0.4) is 0 Å². The number of carbonyl (C=O) groups is 1. The van der Waals surface area contributed by atoms with E-state index in [1.165, 1.54) is 11.1 Å². The molecule has 0 saturated carbocycles. The van der Waals surface area contributed by atoms with Crippen molar-refractivity contribution in [2.75, 3.05) is 0 Å². The first kappa shape index (κ1) is 16.0. The SMILES string of the molecule is CC1C=CCc2ccccc21.O=C(O)c1cccc2ccccc12. The fraction of sp³-hybridized carbons (Fsp3) is 0.136. The van der Waals surface area contributed by atoms with Gasteiger partial charge in [0.15, 0.2) is 0 Å². The molecule has 1 atom stereocenters. The molecule has 0 aromatic heterocycles. The Morgan fingerprint density at radius 2 is 1.67 bits per heavy atom. The van der Waals surface area contributed by atoms with E-state index >= 15 is 0 Å². The van der Waals surface area contributed by atoms with Gasteiger partial charge >= 0.3 is 5.97 Å². The second-order valence-electron chi connectivity index (χ2n) is 5.95. The maximum Gasteiger partial charge on any atom is 0.336 e. The van der Waals surface area contributed by atoms with Crippen LogP contribution in [0.5, 0.6) is 0 Å². The molecule has 1 N–H and O–H groups in total. The van der Waals surface area contributed by atoms with Crippen LogP contribution in [0, 0.1) is 0 Å². The fourth-order valence-electron chi connectivity index (χ4n) is 3.08. The number of carboxylic acids is 1. The highest BCUT2D eigenvalue weighted by Crippen LogP contribution is 2.25. The summed E-state index contributed by atoms with van der Waals surface area (Å²) in [5, 5.41) is 10.6. The minimum atomic E-state index is -0.878. The minimum absolute atomic E-state index is 0.359. The second kappa shape index (κ2) is 7.14. The number of benzene rings is 3. The topological polar surface area (TPSA) is 37.3 Å². The van der Waals surface area contributed by atoms with E-state index in [4.69, 9.17) is 5.11 Å². The van der Waals surface area contributed by atoms with E-state index in [0.717, 1.165) is 17.2 Å². The molecule has 0 saturated heterocycles. The highest BCUT2D eigenvalue weighted by atomic mass is 16.4. The molecule has 120 valence electrons. The average molecular weight is 316 g/mol. The van der Waals surface area contributed by atoms with Gasteiger partial charge in [0, 0.05) is 0 Å². The Bertz CT molecular complexity index is 888. The van der Waals surface area contributed by atoms with Crippen LogP contribution in [0.1, 0.15) is 34.3 Å². The van der Waals surface area contributed by atoms with Crippen molar-refractivity contribution >= 4 is 16.7 Å². The zero-order valence-corrected chi connectivity index (χ0v) is 13.6. The van der Waals surface area contributed by atoms with Crippen LogP contribution in [0.25, 0.3) is 10.8 Å². The van der Waals surface area contributed by atoms with Gasteiger partial charge in [-0.1, -0.05) is 79.7 Å². The molecule has 0 spiro atoms. The first-order valence-corrected chi connectivity index (χ1v) is 8.12. The third-order valence-corrected chi connectivity index (χ3v) is 4.33. The Morgan fingerprint density at radius 3 is 2.46 bits per heavy atom. The lowest BCUT2D eigenvalue weighted by Gasteiger charge is -2.16. The second-order valence-corrected chi connectivity index (χ2v) is 5.95. The first-order chi connectivity index (χ1) is 11.7. The predicted molar refractivity (Wildman–Crippen MR) is 98.6 cm³/mol. The van der Waals surface area contributed by atoms with Crippen LogP contribution in [0.4, 0.5) is 0 Å². The van der Waals surface area contributed by atoms with Crippen LogP contribution in [-0.4, -0.2) is 11.1 Å². The van der Waals surface area contributed by atoms with E-state index in [-0.39, 0.29) is 0 Å². The molecule has 2 nitrogen and oxygen atoms in total. The highest BCUT2D eigenvalue weighted by molar-refractivity contribution is 6.03. The summed E-state index contributed by atoms with van der Waals surface area (Å²) >= 11 is 0. The molecule has 0 fully saturated rings. The Hall–Kier alpha value is -2.87. The molecule has 24 heavy (non-hydrogen) atoms. The number of rotatable bonds is 1. The largest absolute Gasteiger partial charge is 0.478 e. The smallest absolute Gasteiger partial charge is 0.336 e. The first-order valence-electron chi connectivity index (χ1n) is 8.12. The van der Waals surface area contributed by atoms with Crippen LogP contribution < -0.4 is 0 Å². The van der Waals surface area contributed by atoms with Crippen molar-refractivity contribution in [1.82, 2.24) is 0 Å². The summed E-state index contributed by atoms with van der Waals surface area (Å²) in [4.78, 5) is 10.8. The third-order valence-electron chi connectivity index (χ3n) is 4.33. The van der Waals surface area contributed by atoms with Crippen LogP contribution in [0.2, 0.25) is 0 Å². The molecule has 0 amide bonds. The Balaban J connectivity index is 0.000000143. The molecule has 2 heteroatoms. The number of fused-ring (bicyclic) bond motifs is 2. The summed E-state index contributed by atoms with van der Waals surface area (Å²) in [5.74, 6) is -0.267. The summed E-state index contributed by atoms with van der Waals surface area (Å²) in [6.07, 6.45) is 5.65. The zero-order valence-electron chi connectivity index (χ0n) is 13.6. The van der Waals surface area contributed by atoms with Crippen LogP contribution in [0.15, 0.2) is 78.9 Å². The molecule has 3 aromatic carbocycles. The maximum atomic E-state index is 10.8. The van der Waals surface area contributed by atoms with Crippen LogP contribution in [-0.2, 0) is 6.42 Å². The normalized spacial score (nSPS) is 15.3. The standard InChI is InChI=1S/C11H8O2.C11H12/c12-11(13)10-7-3-5-8-4-1-2-6-9(8)10;1-9-5-4-7-10-6-2-3-8-11(9)10/h1-7H,(H,12,13);2-6,8-9H,7H2,1H3. The van der Waals surface area contributed by atoms with Gasteiger partial charge in [0.25, 0.3) is 0 Å². The van der Waals surface area contributed by atoms with Crippen molar-refractivity contribution in [1.29, 1.82) is 0 Å². The van der Waals surface area contributed by atoms with Crippen molar-refractivity contribution in [3.8, 4) is 0 Å². The molecular formula is C22H20O2. The maximum absolute atomic E-state index is 10.8. The van der Waals surface area contributed by atoms with Gasteiger partial charge in [0.05, 0.1) is 5.56 Å². The number of carboxylic acid groups (broad SMARTS) is 1. The Morgan fingerprint density at radius 1 is 0.958 bits per heavy atom. The molecule has 3 aromatic rings. The summed E-state index contributed by atoms with van der Waals surface area (Å²) < 4.78 is 0. The van der Waals surface area contributed by atoms with Crippen molar-refractivity contribution in [2.45, 2.75) is 19.3 Å². The quantitative estimate of drug-likeness (QED) is 0.607. The Labute approximate surface area is 142 Å². The number of allylic oxidation sites excluding steroid dienone is 2. The monoisotopic (exact) mass is 316 g/mol. The number of aromatic carboxylic acids is 1.